The Balaban J connectivity index is 1.90. The average Bonchev–Trinajstić information content (AvgIpc) is 2.68. The molecule has 0 heterocycles. The van der Waals surface area contributed by atoms with E-state index in [0.29, 0.717) is 12.2 Å². The number of nitrogens with one attached hydrogen (secondary N) is 1. The van der Waals surface area contributed by atoms with E-state index in [1.807, 2.05) is 31.2 Å². The van der Waals surface area contributed by atoms with Crippen molar-refractivity contribution in [3.63, 3.8) is 0 Å². The van der Waals surface area contributed by atoms with Crippen molar-refractivity contribution >= 4 is 17.5 Å². The molecule has 2 aromatic carbocycles. The first kappa shape index (κ1) is 22.4. The molecular weight excluding hydrogens is 373 g/mol. The van der Waals surface area contributed by atoms with E-state index in [2.05, 4.69) is 5.32 Å². The Bertz CT molecular complexity index is 855. The lowest BCUT2D eigenvalue weighted by Crippen LogP contribution is -2.46. The van der Waals surface area contributed by atoms with E-state index in [9.17, 15) is 14.0 Å². The molecule has 29 heavy (non-hydrogen) atoms. The molecule has 0 saturated carbocycles. The van der Waals surface area contributed by atoms with Crippen molar-refractivity contribution in [1.82, 2.24) is 9.80 Å². The number of carbonyl (C=O) groups is 2. The van der Waals surface area contributed by atoms with E-state index < -0.39 is 11.9 Å². The van der Waals surface area contributed by atoms with Gasteiger partial charge in [-0.3, -0.25) is 14.5 Å². The predicted molar refractivity (Wildman–Crippen MR) is 111 cm³/mol. The summed E-state index contributed by atoms with van der Waals surface area (Å²) < 4.78 is 18.8. The molecule has 0 radical (unpaired) electrons. The van der Waals surface area contributed by atoms with Gasteiger partial charge in [0.1, 0.15) is 0 Å². The van der Waals surface area contributed by atoms with E-state index in [4.69, 9.17) is 4.74 Å². The van der Waals surface area contributed by atoms with Gasteiger partial charge in [0.2, 0.25) is 11.8 Å². The van der Waals surface area contributed by atoms with E-state index in [0.717, 1.165) is 11.1 Å². The minimum atomic E-state index is -0.475. The highest BCUT2D eigenvalue weighted by atomic mass is 19.1. The lowest BCUT2D eigenvalue weighted by molar-refractivity contribution is -0.137. The van der Waals surface area contributed by atoms with Crippen LogP contribution in [0.4, 0.5) is 10.1 Å². The molecule has 2 rings (SSSR count). The van der Waals surface area contributed by atoms with Crippen molar-refractivity contribution < 1.29 is 18.7 Å². The van der Waals surface area contributed by atoms with Crippen LogP contribution >= 0.6 is 0 Å². The summed E-state index contributed by atoms with van der Waals surface area (Å²) in [6, 6.07) is 11.7. The third-order valence-corrected chi connectivity index (χ3v) is 4.76. The number of anilines is 1. The molecule has 1 unspecified atom stereocenters. The number of aryl methyl sites for hydroxylation is 1. The Kier molecular flexibility index (Phi) is 7.73. The molecule has 0 bridgehead atoms. The van der Waals surface area contributed by atoms with Gasteiger partial charge in [0, 0.05) is 19.3 Å². The van der Waals surface area contributed by atoms with Gasteiger partial charge in [0.05, 0.1) is 19.7 Å². The van der Waals surface area contributed by atoms with Gasteiger partial charge in [-0.1, -0.05) is 23.8 Å². The minimum absolute atomic E-state index is 0.0535. The van der Waals surface area contributed by atoms with Crippen LogP contribution in [0.2, 0.25) is 0 Å². The summed E-state index contributed by atoms with van der Waals surface area (Å²) in [5.41, 5.74) is 2.52. The molecule has 2 aromatic rings. The number of methoxy groups -OCH3 is 1. The molecule has 6 nitrogen and oxygen atoms in total. The number of ether oxygens (including phenoxy) is 1. The van der Waals surface area contributed by atoms with Gasteiger partial charge in [0.25, 0.3) is 0 Å². The Labute approximate surface area is 171 Å². The summed E-state index contributed by atoms with van der Waals surface area (Å²) in [5, 5.41) is 2.78. The molecule has 7 heteroatoms. The molecule has 0 saturated heterocycles. The highest BCUT2D eigenvalue weighted by molar-refractivity contribution is 5.95. The van der Waals surface area contributed by atoms with E-state index in [1.165, 1.54) is 18.1 Å². The van der Waals surface area contributed by atoms with Crippen molar-refractivity contribution in [2.24, 2.45) is 0 Å². The van der Waals surface area contributed by atoms with Gasteiger partial charge >= 0.3 is 0 Å². The number of benzene rings is 2. The van der Waals surface area contributed by atoms with Crippen LogP contribution in [0, 0.1) is 12.7 Å². The third-order valence-electron chi connectivity index (χ3n) is 4.76. The Morgan fingerprint density at radius 2 is 1.79 bits per heavy atom. The summed E-state index contributed by atoms with van der Waals surface area (Å²) in [6.07, 6.45) is 0. The second-order valence-corrected chi connectivity index (χ2v) is 7.17. The van der Waals surface area contributed by atoms with Crippen molar-refractivity contribution in [2.75, 3.05) is 33.1 Å². The fourth-order valence-corrected chi connectivity index (χ4v) is 2.87. The summed E-state index contributed by atoms with van der Waals surface area (Å²) >= 11 is 0. The maximum Gasteiger partial charge on any atom is 0.243 e. The summed E-state index contributed by atoms with van der Waals surface area (Å²) in [6.45, 7) is 4.06. The Morgan fingerprint density at radius 1 is 1.14 bits per heavy atom. The minimum Gasteiger partial charge on any atom is -0.494 e. The fourth-order valence-electron chi connectivity index (χ4n) is 2.87. The smallest absolute Gasteiger partial charge is 0.243 e. The zero-order chi connectivity index (χ0) is 21.6. The maximum atomic E-state index is 13.9. The normalized spacial score (nSPS) is 11.8. The van der Waals surface area contributed by atoms with Crippen molar-refractivity contribution in [3.05, 3.63) is 59.4 Å². The third kappa shape index (κ3) is 6.29. The number of hydrogen-bond donors (Lipinski definition) is 1. The van der Waals surface area contributed by atoms with Gasteiger partial charge in [-0.05, 0) is 50.7 Å². The Hall–Kier alpha value is -2.93. The highest BCUT2D eigenvalue weighted by Crippen LogP contribution is 2.19. The molecule has 0 aliphatic carbocycles. The number of carbonyl (C=O) groups excluding carboxylic acids is 2. The summed E-state index contributed by atoms with van der Waals surface area (Å²) in [5.74, 6) is -0.723. The molecular formula is C22H28FN3O3. The number of amides is 2. The van der Waals surface area contributed by atoms with Crippen LogP contribution in [0.5, 0.6) is 5.75 Å². The predicted octanol–water partition coefficient (Wildman–Crippen LogP) is 3.06. The Morgan fingerprint density at radius 3 is 2.38 bits per heavy atom. The average molecular weight is 401 g/mol. The van der Waals surface area contributed by atoms with Crippen LogP contribution in [0.3, 0.4) is 0 Å². The number of likely N-dealkylation sites (N-methyl/N-ethyl adjacent to an activating group) is 2. The molecule has 156 valence electrons. The number of hydrogen-bond acceptors (Lipinski definition) is 4. The maximum absolute atomic E-state index is 13.9. The number of nitrogens with zero attached hydrogens (tertiary/aromatic N) is 2. The van der Waals surface area contributed by atoms with Gasteiger partial charge in [-0.2, -0.15) is 0 Å². The second-order valence-electron chi connectivity index (χ2n) is 7.17. The van der Waals surface area contributed by atoms with Crippen LogP contribution in [0.1, 0.15) is 18.1 Å². The van der Waals surface area contributed by atoms with Gasteiger partial charge in [0.15, 0.2) is 11.6 Å². The van der Waals surface area contributed by atoms with Crippen LogP contribution in [-0.4, -0.2) is 55.4 Å². The van der Waals surface area contributed by atoms with Crippen LogP contribution < -0.4 is 10.1 Å². The second kappa shape index (κ2) is 10.0. The van der Waals surface area contributed by atoms with Crippen molar-refractivity contribution in [1.29, 1.82) is 0 Å². The van der Waals surface area contributed by atoms with Gasteiger partial charge < -0.3 is 15.0 Å². The summed E-state index contributed by atoms with van der Waals surface area (Å²) in [4.78, 5) is 28.1. The molecule has 0 fully saturated rings. The van der Waals surface area contributed by atoms with E-state index >= 15 is 0 Å². The SMILES string of the molecule is COc1ccc(CN(C)C(C)C(=O)N(C)CC(=O)Nc2ccc(C)cc2)cc1F. The van der Waals surface area contributed by atoms with E-state index in [-0.39, 0.29) is 24.1 Å². The van der Waals surface area contributed by atoms with E-state index in [1.54, 1.807) is 38.1 Å². The molecule has 1 atom stereocenters. The lowest BCUT2D eigenvalue weighted by Gasteiger charge is -2.28. The first-order valence-electron chi connectivity index (χ1n) is 9.35. The number of rotatable bonds is 8. The molecule has 0 aliphatic heterocycles. The fraction of sp³-hybridized carbons (Fsp3) is 0.364. The van der Waals surface area contributed by atoms with Crippen LogP contribution in [0.15, 0.2) is 42.5 Å². The lowest BCUT2D eigenvalue weighted by atomic mass is 10.1. The highest BCUT2D eigenvalue weighted by Gasteiger charge is 2.23. The number of halogens is 1. The quantitative estimate of drug-likeness (QED) is 0.739. The first-order chi connectivity index (χ1) is 13.7. The monoisotopic (exact) mass is 401 g/mol. The molecule has 1 N–H and O–H groups in total. The van der Waals surface area contributed by atoms with Crippen LogP contribution in [0.25, 0.3) is 0 Å². The molecule has 0 aliphatic rings. The first-order valence-corrected chi connectivity index (χ1v) is 9.35. The largest absolute Gasteiger partial charge is 0.494 e. The molecule has 0 aromatic heterocycles. The van der Waals surface area contributed by atoms with Crippen LogP contribution in [-0.2, 0) is 16.1 Å². The zero-order valence-corrected chi connectivity index (χ0v) is 17.5. The summed E-state index contributed by atoms with van der Waals surface area (Å²) in [7, 11) is 4.79. The van der Waals surface area contributed by atoms with Crippen molar-refractivity contribution in [2.45, 2.75) is 26.4 Å². The molecule has 2 amide bonds. The van der Waals surface area contributed by atoms with Gasteiger partial charge in [-0.15, -0.1) is 0 Å². The molecule has 0 spiro atoms. The van der Waals surface area contributed by atoms with Gasteiger partial charge in [-0.25, -0.2) is 4.39 Å². The zero-order valence-electron chi connectivity index (χ0n) is 17.5. The van der Waals surface area contributed by atoms with Crippen molar-refractivity contribution in [3.8, 4) is 5.75 Å². The standard InChI is InChI=1S/C22H28FN3O3/c1-15-6-9-18(10-7-15)24-21(27)14-26(4)22(28)16(2)25(3)13-17-8-11-20(29-5)19(23)12-17/h6-12,16H,13-14H2,1-5H3,(H,24,27). The topological polar surface area (TPSA) is 61.9 Å².